The van der Waals surface area contributed by atoms with Crippen LogP contribution in [0.1, 0.15) is 67.1 Å². The van der Waals surface area contributed by atoms with E-state index in [0.29, 0.717) is 42.9 Å². The Morgan fingerprint density at radius 1 is 1.00 bits per heavy atom. The number of halogens is 1. The Morgan fingerprint density at radius 2 is 1.72 bits per heavy atom. The zero-order valence-corrected chi connectivity index (χ0v) is 27.4. The molecule has 5 rings (SSSR count). The van der Waals surface area contributed by atoms with Crippen LogP contribution in [-0.2, 0) is 25.3 Å². The van der Waals surface area contributed by atoms with Crippen molar-refractivity contribution in [2.24, 2.45) is 5.92 Å². The maximum Gasteiger partial charge on any atom is 0.352 e. The number of anilines is 1. The van der Waals surface area contributed by atoms with Gasteiger partial charge in [-0.3, -0.25) is 4.79 Å². The van der Waals surface area contributed by atoms with Crippen molar-refractivity contribution in [3.8, 4) is 16.2 Å². The molecule has 1 saturated heterocycles. The van der Waals surface area contributed by atoms with Crippen LogP contribution in [0, 0.1) is 5.92 Å². The molecule has 2 aliphatic rings. The van der Waals surface area contributed by atoms with E-state index in [1.807, 2.05) is 54.6 Å². The Labute approximate surface area is 266 Å². The fraction of sp³-hybridized carbons (Fsp3) is 0.438. The molecule has 1 saturated carbocycles. The number of rotatable bonds is 10. The molecule has 0 radical (unpaired) electrons. The molecular weight excluding hydrogens is 652 g/mol. The average molecular weight is 690 g/mol. The van der Waals surface area contributed by atoms with Gasteiger partial charge in [-0.15, -0.1) is 11.3 Å². The minimum atomic E-state index is -3.38. The number of nitrogens with zero attached hydrogens (tertiary/aromatic N) is 1. The molecule has 1 aromatic heterocycles. The van der Waals surface area contributed by atoms with Crippen LogP contribution in [0.3, 0.4) is 0 Å². The van der Waals surface area contributed by atoms with Crippen molar-refractivity contribution < 1.29 is 27.5 Å². The lowest BCUT2D eigenvalue weighted by atomic mass is 9.90. The highest BCUT2D eigenvalue weighted by molar-refractivity contribution is 9.10. The summed E-state index contributed by atoms with van der Waals surface area (Å²) in [6, 6.07) is 17.2. The first-order chi connectivity index (χ1) is 20.7. The van der Waals surface area contributed by atoms with Gasteiger partial charge in [0.1, 0.15) is 0 Å². The maximum absolute atomic E-state index is 13.1. The van der Waals surface area contributed by atoms with E-state index in [4.69, 9.17) is 9.47 Å². The van der Waals surface area contributed by atoms with Gasteiger partial charge in [-0.05, 0) is 70.8 Å². The largest absolute Gasteiger partial charge is 0.461 e. The van der Waals surface area contributed by atoms with Gasteiger partial charge < -0.3 is 14.8 Å². The molecule has 11 heteroatoms. The zero-order chi connectivity index (χ0) is 30.4. The number of esters is 2. The number of carbonyl (C=O) groups excluding carboxylic acids is 2. The molecule has 1 aliphatic heterocycles. The van der Waals surface area contributed by atoms with Crippen molar-refractivity contribution in [1.82, 2.24) is 4.31 Å². The quantitative estimate of drug-likeness (QED) is 0.224. The van der Waals surface area contributed by atoms with Crippen molar-refractivity contribution >= 4 is 54.9 Å². The molecule has 230 valence electrons. The number of carbonyl (C=O) groups is 2. The molecule has 0 atom stereocenters. The lowest BCUT2D eigenvalue weighted by molar-refractivity contribution is -0.131. The molecule has 0 spiro atoms. The Balaban J connectivity index is 1.25. The molecule has 2 fully saturated rings. The smallest absolute Gasteiger partial charge is 0.352 e. The summed E-state index contributed by atoms with van der Waals surface area (Å²) in [6.45, 7) is 2.60. The van der Waals surface area contributed by atoms with E-state index in [-0.39, 0.29) is 22.4 Å². The van der Waals surface area contributed by atoms with E-state index in [1.54, 1.807) is 4.31 Å². The summed E-state index contributed by atoms with van der Waals surface area (Å²) >= 11 is 4.81. The van der Waals surface area contributed by atoms with Gasteiger partial charge in [0.2, 0.25) is 10.0 Å². The van der Waals surface area contributed by atoms with E-state index in [1.165, 1.54) is 24.7 Å². The average Bonchev–Trinajstić information content (AvgIpc) is 3.32. The predicted molar refractivity (Wildman–Crippen MR) is 173 cm³/mol. The molecule has 1 aliphatic carbocycles. The van der Waals surface area contributed by atoms with Crippen molar-refractivity contribution in [2.75, 3.05) is 25.0 Å². The number of benzene rings is 2. The fourth-order valence-corrected chi connectivity index (χ4v) is 9.16. The van der Waals surface area contributed by atoms with Crippen molar-refractivity contribution in [1.29, 1.82) is 0 Å². The molecule has 2 aromatic carbocycles. The number of hydrogen-bond donors (Lipinski definition) is 1. The summed E-state index contributed by atoms with van der Waals surface area (Å²) in [4.78, 5) is 26.0. The summed E-state index contributed by atoms with van der Waals surface area (Å²) in [5.41, 5.74) is 2.53. The minimum Gasteiger partial charge on any atom is -0.461 e. The van der Waals surface area contributed by atoms with Crippen LogP contribution >= 0.6 is 27.3 Å². The fourth-order valence-electron chi connectivity index (χ4n) is 5.70. The lowest BCUT2D eigenvalue weighted by Crippen LogP contribution is -2.42. The number of thiophene rings is 1. The second-order valence-corrected chi connectivity index (χ2v) is 15.0. The van der Waals surface area contributed by atoms with Crippen LogP contribution in [0.5, 0.6) is 5.75 Å². The highest BCUT2D eigenvalue weighted by atomic mass is 79.9. The van der Waals surface area contributed by atoms with Crippen LogP contribution < -0.4 is 10.1 Å². The van der Waals surface area contributed by atoms with E-state index < -0.39 is 22.0 Å². The third kappa shape index (κ3) is 8.26. The second-order valence-electron chi connectivity index (χ2n) is 11.2. The van der Waals surface area contributed by atoms with Gasteiger partial charge in [0, 0.05) is 31.7 Å². The summed E-state index contributed by atoms with van der Waals surface area (Å²) in [7, 11) is -3.38. The Kier molecular flexibility index (Phi) is 10.6. The molecule has 3 aromatic rings. The predicted octanol–water partition coefficient (Wildman–Crippen LogP) is 7.25. The van der Waals surface area contributed by atoms with Gasteiger partial charge in [0.15, 0.2) is 10.6 Å². The summed E-state index contributed by atoms with van der Waals surface area (Å²) in [6.07, 6.45) is 7.05. The van der Waals surface area contributed by atoms with Gasteiger partial charge in [-0.1, -0.05) is 61.7 Å². The monoisotopic (exact) mass is 688 g/mol. The standard InChI is InChI=1S/C32H37BrN2O6S2/c1-22(36)41-29-28(33)30(42-31(29)32(37)40-20-23-9-4-2-5-10-23)25-13-8-14-27(19-25)34-26-15-17-35(18-16-26)43(38,39)21-24-11-6-3-7-12-24/h3,6-8,11-14,19,23,26,34H,2,4-5,9-10,15-18,20-21H2,1H3. The van der Waals surface area contributed by atoms with Gasteiger partial charge in [0.05, 0.1) is 21.7 Å². The summed E-state index contributed by atoms with van der Waals surface area (Å²) in [5, 5.41) is 3.56. The van der Waals surface area contributed by atoms with Crippen molar-refractivity contribution in [3.63, 3.8) is 0 Å². The van der Waals surface area contributed by atoms with Crippen LogP contribution in [0.15, 0.2) is 59.1 Å². The SMILES string of the molecule is CC(=O)Oc1c(C(=O)OCC2CCCCC2)sc(-c2cccc(NC3CCN(S(=O)(=O)Cc4ccccc4)CC3)c2)c1Br. The molecule has 0 amide bonds. The molecule has 2 heterocycles. The van der Waals surface area contributed by atoms with Gasteiger partial charge >= 0.3 is 11.9 Å². The van der Waals surface area contributed by atoms with E-state index in [9.17, 15) is 18.0 Å². The highest BCUT2D eigenvalue weighted by Gasteiger charge is 2.29. The summed E-state index contributed by atoms with van der Waals surface area (Å²) in [5.74, 6) is -0.435. The number of hydrogen-bond acceptors (Lipinski definition) is 8. The van der Waals surface area contributed by atoms with Gasteiger partial charge in [-0.25, -0.2) is 17.5 Å². The summed E-state index contributed by atoms with van der Waals surface area (Å²) < 4.78 is 39.2. The van der Waals surface area contributed by atoms with Crippen LogP contribution in [0.2, 0.25) is 0 Å². The topological polar surface area (TPSA) is 102 Å². The third-order valence-electron chi connectivity index (χ3n) is 7.95. The Bertz CT molecular complexity index is 1530. The number of piperidine rings is 1. The van der Waals surface area contributed by atoms with E-state index in [2.05, 4.69) is 21.2 Å². The van der Waals surface area contributed by atoms with Gasteiger partial charge in [-0.2, -0.15) is 0 Å². The molecular formula is C32H37BrN2O6S2. The molecule has 1 N–H and O–H groups in total. The minimum absolute atomic E-state index is 0.00904. The maximum atomic E-state index is 13.1. The first-order valence-corrected chi connectivity index (χ1v) is 18.0. The van der Waals surface area contributed by atoms with Crippen LogP contribution in [-0.4, -0.2) is 50.4 Å². The van der Waals surface area contributed by atoms with E-state index in [0.717, 1.165) is 47.4 Å². The second kappa shape index (κ2) is 14.4. The first-order valence-electron chi connectivity index (χ1n) is 14.8. The molecule has 0 unspecified atom stereocenters. The number of ether oxygens (including phenoxy) is 2. The lowest BCUT2D eigenvalue weighted by Gasteiger charge is -2.32. The van der Waals surface area contributed by atoms with Gasteiger partial charge in [0.25, 0.3) is 0 Å². The Morgan fingerprint density at radius 3 is 2.42 bits per heavy atom. The highest BCUT2D eigenvalue weighted by Crippen LogP contribution is 2.46. The van der Waals surface area contributed by atoms with Crippen LogP contribution in [0.4, 0.5) is 5.69 Å². The first kappa shape index (κ1) is 31.7. The molecule has 0 bridgehead atoms. The Hall–Kier alpha value is -2.73. The van der Waals surface area contributed by atoms with Crippen molar-refractivity contribution in [3.05, 3.63) is 69.5 Å². The third-order valence-corrected chi connectivity index (χ3v) is 12.0. The normalized spacial score (nSPS) is 17.0. The number of sulfonamides is 1. The zero-order valence-electron chi connectivity index (χ0n) is 24.2. The number of nitrogens with one attached hydrogen (secondary N) is 1. The molecule has 8 nitrogen and oxygen atoms in total. The van der Waals surface area contributed by atoms with Crippen molar-refractivity contribution in [2.45, 2.75) is 63.7 Å². The van der Waals surface area contributed by atoms with Crippen LogP contribution in [0.25, 0.3) is 10.4 Å². The molecule has 43 heavy (non-hydrogen) atoms. The van der Waals surface area contributed by atoms with E-state index >= 15 is 0 Å².